The topological polar surface area (TPSA) is 50.8 Å². The van der Waals surface area contributed by atoms with E-state index in [4.69, 9.17) is 9.47 Å². The highest BCUT2D eigenvalue weighted by atomic mass is 16.5. The van der Waals surface area contributed by atoms with Crippen molar-refractivity contribution in [1.82, 2.24) is 10.2 Å². The Hall–Kier alpha value is -0.650. The molecule has 0 aromatic heterocycles. The summed E-state index contributed by atoms with van der Waals surface area (Å²) in [6.45, 7) is 6.53. The summed E-state index contributed by atoms with van der Waals surface area (Å²) in [4.78, 5) is 13.9. The molecule has 0 saturated carbocycles. The first-order valence-electron chi connectivity index (χ1n) is 6.37. The lowest BCUT2D eigenvalue weighted by atomic mass is 10.2. The molecular weight excluding hydrogens is 220 g/mol. The molecule has 17 heavy (non-hydrogen) atoms. The lowest BCUT2D eigenvalue weighted by Gasteiger charge is -2.22. The van der Waals surface area contributed by atoms with Crippen molar-refractivity contribution < 1.29 is 14.3 Å². The maximum absolute atomic E-state index is 12.0. The molecule has 0 bridgehead atoms. The Morgan fingerprint density at radius 2 is 2.00 bits per heavy atom. The zero-order chi connectivity index (χ0) is 12.7. The molecule has 0 radical (unpaired) electrons. The fraction of sp³-hybridized carbons (Fsp3) is 0.917. The number of hydrogen-bond acceptors (Lipinski definition) is 4. The number of nitrogens with zero attached hydrogens (tertiary/aromatic N) is 1. The molecule has 5 nitrogen and oxygen atoms in total. The average Bonchev–Trinajstić information content (AvgIpc) is 2.65. The third-order valence-electron chi connectivity index (χ3n) is 3.05. The summed E-state index contributed by atoms with van der Waals surface area (Å²) in [7, 11) is 1.65. The van der Waals surface area contributed by atoms with Crippen LogP contribution in [0.2, 0.25) is 0 Å². The van der Waals surface area contributed by atoms with Crippen LogP contribution in [0.4, 0.5) is 0 Å². The van der Waals surface area contributed by atoms with Gasteiger partial charge in [-0.1, -0.05) is 13.8 Å². The third-order valence-corrected chi connectivity index (χ3v) is 3.05. The SMILES string of the molecule is CCC1NC(CC)N(CCOCCOC)C1=O. The minimum atomic E-state index is -0.0149. The van der Waals surface area contributed by atoms with Gasteiger partial charge >= 0.3 is 0 Å². The molecule has 1 fully saturated rings. The zero-order valence-corrected chi connectivity index (χ0v) is 11.1. The molecular formula is C12H24N2O3. The van der Waals surface area contributed by atoms with E-state index in [2.05, 4.69) is 12.2 Å². The molecule has 1 amide bonds. The Kier molecular flexibility index (Phi) is 6.47. The summed E-state index contributed by atoms with van der Waals surface area (Å²) in [6.07, 6.45) is 1.94. The van der Waals surface area contributed by atoms with Gasteiger partial charge in [0.2, 0.25) is 5.91 Å². The standard InChI is InChI=1S/C12H24N2O3/c1-4-10-12(15)14(11(5-2)13-10)6-7-17-9-8-16-3/h10-11,13H,4-9H2,1-3H3. The van der Waals surface area contributed by atoms with Gasteiger partial charge in [-0.05, 0) is 12.8 Å². The van der Waals surface area contributed by atoms with E-state index < -0.39 is 0 Å². The largest absolute Gasteiger partial charge is 0.382 e. The molecule has 1 heterocycles. The molecule has 1 N–H and O–H groups in total. The quantitative estimate of drug-likeness (QED) is 0.635. The van der Waals surface area contributed by atoms with Gasteiger partial charge < -0.3 is 14.4 Å². The van der Waals surface area contributed by atoms with Crippen LogP contribution in [-0.4, -0.2) is 56.5 Å². The second-order valence-corrected chi connectivity index (χ2v) is 4.19. The first-order valence-corrected chi connectivity index (χ1v) is 6.37. The zero-order valence-electron chi connectivity index (χ0n) is 11.1. The Morgan fingerprint density at radius 1 is 1.24 bits per heavy atom. The second kappa shape index (κ2) is 7.63. The smallest absolute Gasteiger partial charge is 0.241 e. The highest BCUT2D eigenvalue weighted by Gasteiger charge is 2.36. The van der Waals surface area contributed by atoms with Crippen molar-refractivity contribution in [3.63, 3.8) is 0 Å². The third kappa shape index (κ3) is 3.94. The molecule has 1 aliphatic rings. The van der Waals surface area contributed by atoms with Crippen LogP contribution in [0.25, 0.3) is 0 Å². The first-order chi connectivity index (χ1) is 8.24. The van der Waals surface area contributed by atoms with E-state index in [0.717, 1.165) is 12.8 Å². The Balaban J connectivity index is 2.32. The van der Waals surface area contributed by atoms with E-state index in [0.29, 0.717) is 26.4 Å². The molecule has 0 spiro atoms. The molecule has 5 heteroatoms. The number of carbonyl (C=O) groups excluding carboxylic acids is 1. The van der Waals surface area contributed by atoms with Crippen molar-refractivity contribution in [3.8, 4) is 0 Å². The normalized spacial score (nSPS) is 24.6. The van der Waals surface area contributed by atoms with Crippen molar-refractivity contribution in [2.24, 2.45) is 0 Å². The predicted molar refractivity (Wildman–Crippen MR) is 65.7 cm³/mol. The second-order valence-electron chi connectivity index (χ2n) is 4.19. The van der Waals surface area contributed by atoms with Crippen LogP contribution >= 0.6 is 0 Å². The molecule has 1 rings (SSSR count). The van der Waals surface area contributed by atoms with Gasteiger partial charge in [0, 0.05) is 13.7 Å². The molecule has 100 valence electrons. The van der Waals surface area contributed by atoms with Crippen molar-refractivity contribution in [1.29, 1.82) is 0 Å². The monoisotopic (exact) mass is 244 g/mol. The number of hydrogen-bond donors (Lipinski definition) is 1. The number of carbonyl (C=O) groups is 1. The highest BCUT2D eigenvalue weighted by Crippen LogP contribution is 2.14. The van der Waals surface area contributed by atoms with Gasteiger partial charge in [0.1, 0.15) is 0 Å². The van der Waals surface area contributed by atoms with Crippen LogP contribution in [-0.2, 0) is 14.3 Å². The maximum Gasteiger partial charge on any atom is 0.241 e. The van der Waals surface area contributed by atoms with Crippen molar-refractivity contribution >= 4 is 5.91 Å². The number of methoxy groups -OCH3 is 1. The van der Waals surface area contributed by atoms with Gasteiger partial charge in [-0.2, -0.15) is 0 Å². The fourth-order valence-electron chi connectivity index (χ4n) is 2.05. The van der Waals surface area contributed by atoms with Gasteiger partial charge in [-0.15, -0.1) is 0 Å². The molecule has 2 unspecified atom stereocenters. The lowest BCUT2D eigenvalue weighted by Crippen LogP contribution is -2.39. The highest BCUT2D eigenvalue weighted by molar-refractivity contribution is 5.84. The summed E-state index contributed by atoms with van der Waals surface area (Å²) in [5.41, 5.74) is 0. The number of ether oxygens (including phenoxy) is 2. The van der Waals surface area contributed by atoms with Crippen molar-refractivity contribution in [2.45, 2.75) is 38.9 Å². The van der Waals surface area contributed by atoms with Crippen LogP contribution in [0.5, 0.6) is 0 Å². The molecule has 1 aliphatic heterocycles. The first kappa shape index (κ1) is 14.4. The molecule has 0 aliphatic carbocycles. The van der Waals surface area contributed by atoms with Crippen LogP contribution < -0.4 is 5.32 Å². The summed E-state index contributed by atoms with van der Waals surface area (Å²) < 4.78 is 10.3. The van der Waals surface area contributed by atoms with Crippen LogP contribution in [0.1, 0.15) is 26.7 Å². The Morgan fingerprint density at radius 3 is 2.59 bits per heavy atom. The summed E-state index contributed by atoms with van der Waals surface area (Å²) in [5.74, 6) is 0.203. The predicted octanol–water partition coefficient (Wildman–Crippen LogP) is 0.596. The maximum atomic E-state index is 12.0. The molecule has 2 atom stereocenters. The minimum absolute atomic E-state index is 0.0149. The fourth-order valence-corrected chi connectivity index (χ4v) is 2.05. The van der Waals surface area contributed by atoms with Crippen molar-refractivity contribution in [2.75, 3.05) is 33.5 Å². The van der Waals surface area contributed by atoms with Crippen LogP contribution in [0.3, 0.4) is 0 Å². The van der Waals surface area contributed by atoms with Crippen molar-refractivity contribution in [3.05, 3.63) is 0 Å². The van der Waals surface area contributed by atoms with Crippen LogP contribution in [0, 0.1) is 0 Å². The van der Waals surface area contributed by atoms with E-state index in [1.165, 1.54) is 0 Å². The molecule has 0 aromatic carbocycles. The van der Waals surface area contributed by atoms with E-state index in [1.807, 2.05) is 11.8 Å². The summed E-state index contributed by atoms with van der Waals surface area (Å²) in [6, 6.07) is -0.0149. The van der Waals surface area contributed by atoms with Gasteiger partial charge in [-0.25, -0.2) is 0 Å². The summed E-state index contributed by atoms with van der Waals surface area (Å²) >= 11 is 0. The van der Waals surface area contributed by atoms with Crippen LogP contribution in [0.15, 0.2) is 0 Å². The van der Waals surface area contributed by atoms with E-state index in [9.17, 15) is 4.79 Å². The van der Waals surface area contributed by atoms with Gasteiger partial charge in [0.05, 0.1) is 32.0 Å². The van der Waals surface area contributed by atoms with E-state index in [1.54, 1.807) is 7.11 Å². The van der Waals surface area contributed by atoms with Gasteiger partial charge in [-0.3, -0.25) is 10.1 Å². The van der Waals surface area contributed by atoms with E-state index >= 15 is 0 Å². The average molecular weight is 244 g/mol. The van der Waals surface area contributed by atoms with Gasteiger partial charge in [0.15, 0.2) is 0 Å². The summed E-state index contributed by atoms with van der Waals surface area (Å²) in [5, 5.41) is 3.34. The number of amides is 1. The molecule has 1 saturated heterocycles. The molecule has 0 aromatic rings. The lowest BCUT2D eigenvalue weighted by molar-refractivity contribution is -0.130. The number of rotatable bonds is 8. The minimum Gasteiger partial charge on any atom is -0.382 e. The van der Waals surface area contributed by atoms with E-state index in [-0.39, 0.29) is 18.1 Å². The Labute approximate surface area is 103 Å². The number of nitrogens with one attached hydrogen (secondary N) is 1. The Bertz CT molecular complexity index is 236. The van der Waals surface area contributed by atoms with Gasteiger partial charge in [0.25, 0.3) is 0 Å².